The second-order valence-corrected chi connectivity index (χ2v) is 12.1. The smallest absolute Gasteiger partial charge is 0.414 e. The number of amides is 1. The molecule has 0 fully saturated rings. The summed E-state index contributed by atoms with van der Waals surface area (Å²) in [5.41, 5.74) is 1.54. The molecule has 0 radical (unpaired) electrons. The summed E-state index contributed by atoms with van der Waals surface area (Å²) < 4.78 is 10.6. The van der Waals surface area contributed by atoms with Crippen LogP contribution in [0.25, 0.3) is 0 Å². The first-order valence-electron chi connectivity index (χ1n) is 12.5. The summed E-state index contributed by atoms with van der Waals surface area (Å²) in [6, 6.07) is 4.82. The summed E-state index contributed by atoms with van der Waals surface area (Å²) in [7, 11) is 3.00. The van der Waals surface area contributed by atoms with Crippen LogP contribution in [-0.4, -0.2) is 47.9 Å². The summed E-state index contributed by atoms with van der Waals surface area (Å²) in [6.45, 7) is 11.5. The SMILES string of the molecule is CC/C=C\C(Cl)=C/C1[C@H](c2ccc(Cl)c(N(C)C(=O)OC(C)(C)C)c2)N=C2SC(C(=O)OC)=C(C(C)C)N21. The molecule has 1 amide bonds. The van der Waals surface area contributed by atoms with Crippen molar-refractivity contribution in [3.63, 3.8) is 0 Å². The number of nitrogens with zero attached hydrogens (tertiary/aromatic N) is 3. The van der Waals surface area contributed by atoms with E-state index in [4.69, 9.17) is 37.7 Å². The van der Waals surface area contributed by atoms with Gasteiger partial charge in [0.25, 0.3) is 0 Å². The number of hydrogen-bond donors (Lipinski definition) is 0. The highest BCUT2D eigenvalue weighted by Gasteiger charge is 2.46. The number of ether oxygens (including phenoxy) is 2. The van der Waals surface area contributed by atoms with E-state index in [9.17, 15) is 9.59 Å². The number of thioether (sulfide) groups is 1. The zero-order chi connectivity index (χ0) is 28.4. The Kier molecular flexibility index (Phi) is 9.66. The topological polar surface area (TPSA) is 71.4 Å². The molecule has 10 heteroatoms. The minimum atomic E-state index is -0.648. The lowest BCUT2D eigenvalue weighted by molar-refractivity contribution is -0.135. The Morgan fingerprint density at radius 3 is 2.55 bits per heavy atom. The lowest BCUT2D eigenvalue weighted by atomic mass is 9.97. The van der Waals surface area contributed by atoms with Gasteiger partial charge >= 0.3 is 12.1 Å². The van der Waals surface area contributed by atoms with E-state index in [0.717, 1.165) is 17.7 Å². The second kappa shape index (κ2) is 12.2. The molecule has 206 valence electrons. The van der Waals surface area contributed by atoms with Gasteiger partial charge in [0.15, 0.2) is 5.17 Å². The number of rotatable bonds is 7. The average Bonchev–Trinajstić information content (AvgIpc) is 3.38. The molecule has 1 aromatic rings. The number of amidine groups is 1. The number of fused-ring (bicyclic) bond motifs is 1. The first-order valence-corrected chi connectivity index (χ1v) is 14.0. The van der Waals surface area contributed by atoms with Crippen LogP contribution < -0.4 is 4.90 Å². The van der Waals surface area contributed by atoms with Gasteiger partial charge in [-0.25, -0.2) is 9.59 Å². The maximum Gasteiger partial charge on any atom is 0.414 e. The molecular formula is C28H35Cl2N3O4S. The number of methoxy groups -OCH3 is 1. The van der Waals surface area contributed by atoms with Crippen LogP contribution in [-0.2, 0) is 14.3 Å². The molecule has 0 aromatic heterocycles. The van der Waals surface area contributed by atoms with Gasteiger partial charge in [-0.1, -0.05) is 56.1 Å². The Bertz CT molecular complexity index is 1220. The molecule has 2 heterocycles. The first kappa shape index (κ1) is 30.1. The molecule has 0 saturated carbocycles. The van der Waals surface area contributed by atoms with Crippen molar-refractivity contribution in [2.75, 3.05) is 19.1 Å². The minimum absolute atomic E-state index is 0.0305. The van der Waals surface area contributed by atoms with Crippen molar-refractivity contribution in [1.82, 2.24) is 4.90 Å². The number of benzene rings is 1. The normalized spacial score (nSPS) is 19.8. The Hall–Kier alpha value is -2.42. The monoisotopic (exact) mass is 579 g/mol. The molecule has 0 spiro atoms. The lowest BCUT2D eigenvalue weighted by Gasteiger charge is -2.30. The van der Waals surface area contributed by atoms with Crippen LogP contribution in [0, 0.1) is 5.92 Å². The molecule has 0 aliphatic carbocycles. The van der Waals surface area contributed by atoms with E-state index in [1.807, 2.05) is 71.9 Å². The third-order valence-electron chi connectivity index (χ3n) is 5.86. The van der Waals surface area contributed by atoms with Crippen LogP contribution in [0.3, 0.4) is 0 Å². The van der Waals surface area contributed by atoms with E-state index < -0.39 is 11.7 Å². The van der Waals surface area contributed by atoms with Gasteiger partial charge in [-0.05, 0) is 74.7 Å². The third kappa shape index (κ3) is 6.58. The lowest BCUT2D eigenvalue weighted by Crippen LogP contribution is -2.35. The van der Waals surface area contributed by atoms with Gasteiger partial charge in [-0.2, -0.15) is 0 Å². The van der Waals surface area contributed by atoms with Gasteiger partial charge in [-0.15, -0.1) is 0 Å². The van der Waals surface area contributed by atoms with Gasteiger partial charge < -0.3 is 14.4 Å². The molecule has 1 aromatic carbocycles. The number of aliphatic imine (C=N–C) groups is 1. The predicted molar refractivity (Wildman–Crippen MR) is 157 cm³/mol. The highest BCUT2D eigenvalue weighted by atomic mass is 35.5. The van der Waals surface area contributed by atoms with Crippen LogP contribution in [0.15, 0.2) is 57.1 Å². The Labute approximate surface area is 239 Å². The van der Waals surface area contributed by atoms with E-state index in [1.165, 1.54) is 23.8 Å². The minimum Gasteiger partial charge on any atom is -0.465 e. The zero-order valence-electron chi connectivity index (χ0n) is 23.0. The number of carbonyl (C=O) groups excluding carboxylic acids is 2. The van der Waals surface area contributed by atoms with Crippen molar-refractivity contribution in [3.05, 3.63) is 62.6 Å². The fraction of sp³-hybridized carbons (Fsp3) is 0.464. The Morgan fingerprint density at radius 1 is 1.29 bits per heavy atom. The summed E-state index contributed by atoms with van der Waals surface area (Å²) >= 11 is 14.5. The second-order valence-electron chi connectivity index (χ2n) is 10.3. The predicted octanol–water partition coefficient (Wildman–Crippen LogP) is 7.67. The molecule has 2 atom stereocenters. The molecule has 0 bridgehead atoms. The van der Waals surface area contributed by atoms with Crippen LogP contribution in [0.4, 0.5) is 10.5 Å². The van der Waals surface area contributed by atoms with Crippen molar-refractivity contribution < 1.29 is 19.1 Å². The Morgan fingerprint density at radius 2 is 1.97 bits per heavy atom. The fourth-order valence-electron chi connectivity index (χ4n) is 4.18. The van der Waals surface area contributed by atoms with E-state index in [1.54, 1.807) is 13.1 Å². The summed E-state index contributed by atoms with van der Waals surface area (Å²) in [5.74, 6) is -0.359. The van der Waals surface area contributed by atoms with Crippen molar-refractivity contribution in [2.24, 2.45) is 10.9 Å². The van der Waals surface area contributed by atoms with Crippen molar-refractivity contribution >= 4 is 57.9 Å². The van der Waals surface area contributed by atoms with Gasteiger partial charge in [0.1, 0.15) is 16.5 Å². The molecule has 3 rings (SSSR count). The number of allylic oxidation sites excluding steroid dienone is 4. The molecule has 2 aliphatic rings. The standard InChI is InChI=1S/C28H35Cl2N3O4S/c1-9-10-11-18(29)15-21-22(31-26-33(21)23(16(2)3)24(38-26)25(34)36-8)17-12-13-19(30)20(14-17)32(7)27(35)37-28(4,5)6/h10-16,21-22H,9H2,1-8H3/b11-10-,18-15+/t21?,22-/m0/s1. The highest BCUT2D eigenvalue weighted by Crippen LogP contribution is 2.49. The van der Waals surface area contributed by atoms with Crippen LogP contribution in [0.1, 0.15) is 59.6 Å². The van der Waals surface area contributed by atoms with E-state index >= 15 is 0 Å². The summed E-state index contributed by atoms with van der Waals surface area (Å²) in [4.78, 5) is 34.4. The summed E-state index contributed by atoms with van der Waals surface area (Å²) in [5, 5.41) is 1.67. The molecule has 1 unspecified atom stereocenters. The van der Waals surface area contributed by atoms with Gasteiger partial charge in [0.2, 0.25) is 0 Å². The number of esters is 1. The van der Waals surface area contributed by atoms with Crippen molar-refractivity contribution in [1.29, 1.82) is 0 Å². The van der Waals surface area contributed by atoms with Crippen molar-refractivity contribution in [3.8, 4) is 0 Å². The van der Waals surface area contributed by atoms with Crippen LogP contribution in [0.2, 0.25) is 5.02 Å². The largest absolute Gasteiger partial charge is 0.465 e. The van der Waals surface area contributed by atoms with Gasteiger partial charge in [-0.3, -0.25) is 9.89 Å². The molecule has 0 N–H and O–H groups in total. The van der Waals surface area contributed by atoms with Gasteiger partial charge in [0, 0.05) is 17.8 Å². The van der Waals surface area contributed by atoms with E-state index in [-0.39, 0.29) is 24.0 Å². The van der Waals surface area contributed by atoms with Crippen LogP contribution >= 0.6 is 35.0 Å². The third-order valence-corrected chi connectivity index (χ3v) is 7.50. The summed E-state index contributed by atoms with van der Waals surface area (Å²) in [6.07, 6.45) is 6.13. The molecule has 0 saturated heterocycles. The number of halogens is 2. The molecular weight excluding hydrogens is 545 g/mol. The van der Waals surface area contributed by atoms with Gasteiger partial charge in [0.05, 0.1) is 23.9 Å². The zero-order valence-corrected chi connectivity index (χ0v) is 25.4. The van der Waals surface area contributed by atoms with Crippen LogP contribution in [0.5, 0.6) is 0 Å². The average molecular weight is 581 g/mol. The maximum atomic E-state index is 12.8. The molecule has 7 nitrogen and oxygen atoms in total. The molecule has 38 heavy (non-hydrogen) atoms. The first-order chi connectivity index (χ1) is 17.8. The quantitative estimate of drug-likeness (QED) is 0.244. The number of anilines is 1. The van der Waals surface area contributed by atoms with E-state index in [2.05, 4.69) is 4.90 Å². The van der Waals surface area contributed by atoms with Crippen molar-refractivity contribution in [2.45, 2.75) is 65.6 Å². The fourth-order valence-corrected chi connectivity index (χ4v) is 5.92. The maximum absolute atomic E-state index is 12.8. The Balaban J connectivity index is 2.09. The number of hydrogen-bond acceptors (Lipinski definition) is 7. The number of carbonyl (C=O) groups is 2. The molecule has 2 aliphatic heterocycles. The van der Waals surface area contributed by atoms with E-state index in [0.29, 0.717) is 25.8 Å². The highest BCUT2D eigenvalue weighted by molar-refractivity contribution is 8.18.